The molecule has 0 bridgehead atoms. The van der Waals surface area contributed by atoms with Crippen LogP contribution in [-0.2, 0) is 31.1 Å². The minimum absolute atomic E-state index is 0.0106. The molecular formula is C29H31ClF3N5. The lowest BCUT2D eigenvalue weighted by Crippen LogP contribution is -2.43. The largest absolute Gasteiger partial charge is 0.416 e. The van der Waals surface area contributed by atoms with Gasteiger partial charge in [-0.2, -0.15) is 13.2 Å². The fraction of sp³-hybridized carbons (Fsp3) is 0.448. The smallest absolute Gasteiger partial charge is 0.371 e. The Morgan fingerprint density at radius 1 is 1.08 bits per heavy atom. The Kier molecular flexibility index (Phi) is 6.02. The van der Waals surface area contributed by atoms with Crippen molar-refractivity contribution in [2.75, 3.05) is 22.9 Å². The van der Waals surface area contributed by atoms with Crippen molar-refractivity contribution in [3.63, 3.8) is 0 Å². The van der Waals surface area contributed by atoms with Crippen molar-refractivity contribution < 1.29 is 13.2 Å². The number of nitrogens with zero attached hydrogens (tertiary/aromatic N) is 5. The number of rotatable bonds is 5. The van der Waals surface area contributed by atoms with Crippen LogP contribution in [0.15, 0.2) is 43.2 Å². The molecule has 1 aromatic heterocycles. The van der Waals surface area contributed by atoms with E-state index < -0.39 is 11.7 Å². The van der Waals surface area contributed by atoms with Crippen molar-refractivity contribution >= 4 is 28.7 Å². The lowest BCUT2D eigenvalue weighted by Gasteiger charge is -2.46. The van der Waals surface area contributed by atoms with Crippen molar-refractivity contribution in [3.8, 4) is 0 Å². The van der Waals surface area contributed by atoms with Gasteiger partial charge in [0.2, 0.25) is 0 Å². The van der Waals surface area contributed by atoms with E-state index in [-0.39, 0.29) is 23.4 Å². The fourth-order valence-corrected chi connectivity index (χ4v) is 6.87. The Balaban J connectivity index is 1.48. The van der Waals surface area contributed by atoms with Gasteiger partial charge < -0.3 is 14.4 Å². The van der Waals surface area contributed by atoms with E-state index in [9.17, 15) is 13.2 Å². The van der Waals surface area contributed by atoms with E-state index in [1.54, 1.807) is 12.4 Å². The minimum Gasteiger partial charge on any atom is -0.371 e. The lowest BCUT2D eigenvalue weighted by molar-refractivity contribution is -0.138. The summed E-state index contributed by atoms with van der Waals surface area (Å²) in [5.74, 6) is 1.48. The second-order valence-corrected chi connectivity index (χ2v) is 11.4. The molecule has 6 rings (SSSR count). The first-order valence-electron chi connectivity index (χ1n) is 13.1. The number of hydrogen-bond donors (Lipinski definition) is 0. The molecule has 3 aromatic rings. The highest BCUT2D eigenvalue weighted by Crippen LogP contribution is 2.53. The number of alkyl halides is 4. The number of fused-ring (bicyclic) bond motifs is 1. The zero-order valence-electron chi connectivity index (χ0n) is 21.7. The van der Waals surface area contributed by atoms with Gasteiger partial charge in [-0.25, -0.2) is 0 Å². The van der Waals surface area contributed by atoms with Crippen LogP contribution >= 0.6 is 11.6 Å². The highest BCUT2D eigenvalue weighted by molar-refractivity contribution is 6.17. The molecule has 200 valence electrons. The summed E-state index contributed by atoms with van der Waals surface area (Å²) in [7, 11) is 1.97. The lowest BCUT2D eigenvalue weighted by atomic mass is 9.58. The maximum absolute atomic E-state index is 14.1. The molecule has 3 aliphatic rings. The molecular weight excluding hydrogens is 511 g/mol. The van der Waals surface area contributed by atoms with Crippen LogP contribution in [0, 0.1) is 5.92 Å². The predicted molar refractivity (Wildman–Crippen MR) is 144 cm³/mol. The van der Waals surface area contributed by atoms with Gasteiger partial charge in [0.25, 0.3) is 0 Å². The van der Waals surface area contributed by atoms with Gasteiger partial charge >= 0.3 is 6.18 Å². The van der Waals surface area contributed by atoms with Gasteiger partial charge in [-0.05, 0) is 78.6 Å². The second-order valence-electron chi connectivity index (χ2n) is 11.1. The van der Waals surface area contributed by atoms with E-state index in [0.29, 0.717) is 22.7 Å². The number of halogens is 4. The molecule has 0 unspecified atom stereocenters. The Hall–Kier alpha value is -3.00. The fourth-order valence-electron chi connectivity index (χ4n) is 6.71. The maximum atomic E-state index is 14.1. The molecule has 1 saturated carbocycles. The van der Waals surface area contributed by atoms with Crippen LogP contribution in [0.1, 0.15) is 66.2 Å². The van der Waals surface area contributed by atoms with Gasteiger partial charge in [-0.15, -0.1) is 21.8 Å². The third-order valence-corrected chi connectivity index (χ3v) is 8.80. The SMILES string of the molecule is C=C1c2cc(CCl)cc(C(F)(F)F)c2CN1c1cc(N2CCCC2)cc(C2(c3nncn3C)CC(C)C2)c1. The highest BCUT2D eigenvalue weighted by Gasteiger charge is 2.49. The average Bonchev–Trinajstić information content (AvgIpc) is 3.62. The van der Waals surface area contributed by atoms with Crippen LogP contribution in [0.5, 0.6) is 0 Å². The molecule has 0 spiro atoms. The molecule has 0 radical (unpaired) electrons. The van der Waals surface area contributed by atoms with Crippen molar-refractivity contribution in [3.05, 3.63) is 76.9 Å². The standard InChI is InChI=1S/C29H31ClF3N5/c1-18-13-28(14-18,27-35-34-17-36(27)3)21-10-22(37-6-4-5-7-37)12-23(11-21)38-16-25-24(19(38)2)8-20(15-30)9-26(25)29(31,32)33/h8-12,17-18H,2,4-7,13-16H2,1,3H3. The molecule has 3 heterocycles. The topological polar surface area (TPSA) is 37.2 Å². The summed E-state index contributed by atoms with van der Waals surface area (Å²) in [6.45, 7) is 8.55. The van der Waals surface area contributed by atoms with Crippen LogP contribution in [-0.4, -0.2) is 27.9 Å². The van der Waals surface area contributed by atoms with E-state index >= 15 is 0 Å². The molecule has 38 heavy (non-hydrogen) atoms. The quantitative estimate of drug-likeness (QED) is 0.330. The predicted octanol–water partition coefficient (Wildman–Crippen LogP) is 6.88. The van der Waals surface area contributed by atoms with Gasteiger partial charge in [0.1, 0.15) is 12.2 Å². The van der Waals surface area contributed by atoms with Crippen LogP contribution < -0.4 is 9.80 Å². The summed E-state index contributed by atoms with van der Waals surface area (Å²) in [5.41, 5.74) is 3.94. The first-order valence-corrected chi connectivity index (χ1v) is 13.6. The third-order valence-electron chi connectivity index (χ3n) is 8.49. The highest BCUT2D eigenvalue weighted by atomic mass is 35.5. The van der Waals surface area contributed by atoms with Crippen molar-refractivity contribution in [2.45, 2.75) is 56.6 Å². The molecule has 2 aliphatic heterocycles. The summed E-state index contributed by atoms with van der Waals surface area (Å²) < 4.78 is 44.2. The van der Waals surface area contributed by atoms with E-state index in [2.05, 4.69) is 46.8 Å². The summed E-state index contributed by atoms with van der Waals surface area (Å²) in [6.07, 6.45) is 1.41. The van der Waals surface area contributed by atoms with E-state index in [1.807, 2.05) is 16.5 Å². The summed E-state index contributed by atoms with van der Waals surface area (Å²) >= 11 is 5.98. The Bertz CT molecular complexity index is 1400. The number of benzene rings is 2. The van der Waals surface area contributed by atoms with Crippen molar-refractivity contribution in [1.29, 1.82) is 0 Å². The molecule has 0 amide bonds. The minimum atomic E-state index is -4.47. The van der Waals surface area contributed by atoms with E-state index in [4.69, 9.17) is 11.6 Å². The normalized spacial score (nSPS) is 23.2. The number of anilines is 2. The van der Waals surface area contributed by atoms with Crippen LogP contribution in [0.4, 0.5) is 24.5 Å². The molecule has 5 nitrogen and oxygen atoms in total. The van der Waals surface area contributed by atoms with Crippen LogP contribution in [0.3, 0.4) is 0 Å². The monoisotopic (exact) mass is 541 g/mol. The van der Waals surface area contributed by atoms with Crippen molar-refractivity contribution in [1.82, 2.24) is 14.8 Å². The molecule has 2 fully saturated rings. The van der Waals surface area contributed by atoms with Crippen LogP contribution in [0.2, 0.25) is 0 Å². The Morgan fingerprint density at radius 3 is 2.39 bits per heavy atom. The second kappa shape index (κ2) is 9.04. The van der Waals surface area contributed by atoms with E-state index in [1.165, 1.54) is 6.07 Å². The van der Waals surface area contributed by atoms with Crippen LogP contribution in [0.25, 0.3) is 5.70 Å². The first-order chi connectivity index (χ1) is 18.1. The number of aromatic nitrogens is 3. The molecule has 0 N–H and O–H groups in total. The maximum Gasteiger partial charge on any atom is 0.416 e. The molecule has 1 aliphatic carbocycles. The molecule has 2 aromatic carbocycles. The molecule has 1 saturated heterocycles. The Labute approximate surface area is 225 Å². The molecule has 9 heteroatoms. The zero-order chi connectivity index (χ0) is 26.8. The Morgan fingerprint density at radius 2 is 1.79 bits per heavy atom. The van der Waals surface area contributed by atoms with E-state index in [0.717, 1.165) is 61.5 Å². The van der Waals surface area contributed by atoms with Gasteiger partial charge in [0.05, 0.1) is 11.0 Å². The zero-order valence-corrected chi connectivity index (χ0v) is 22.4. The third kappa shape index (κ3) is 3.99. The van der Waals surface area contributed by atoms with Gasteiger partial charge in [0.15, 0.2) is 0 Å². The average molecular weight is 542 g/mol. The summed E-state index contributed by atoms with van der Waals surface area (Å²) in [4.78, 5) is 4.30. The number of aryl methyl sites for hydroxylation is 1. The van der Waals surface area contributed by atoms with Gasteiger partial charge in [-0.3, -0.25) is 0 Å². The van der Waals surface area contributed by atoms with Gasteiger partial charge in [0, 0.05) is 55.2 Å². The van der Waals surface area contributed by atoms with Crippen molar-refractivity contribution in [2.24, 2.45) is 13.0 Å². The summed E-state index contributed by atoms with van der Waals surface area (Å²) in [6, 6.07) is 9.42. The number of hydrogen-bond acceptors (Lipinski definition) is 4. The molecule has 0 atom stereocenters. The first kappa shape index (κ1) is 25.3. The summed E-state index contributed by atoms with van der Waals surface area (Å²) in [5, 5.41) is 8.68. The van der Waals surface area contributed by atoms with Gasteiger partial charge in [-0.1, -0.05) is 13.5 Å².